The molecule has 6 heteroatoms. The molecule has 0 unspecified atom stereocenters. The molecule has 0 aliphatic carbocycles. The van der Waals surface area contributed by atoms with E-state index in [2.05, 4.69) is 15.0 Å². The van der Waals surface area contributed by atoms with Crippen LogP contribution >= 0.6 is 0 Å². The predicted molar refractivity (Wildman–Crippen MR) is 73.1 cm³/mol. The van der Waals surface area contributed by atoms with Gasteiger partial charge in [-0.1, -0.05) is 0 Å². The normalized spacial score (nSPS) is 19.1. The third kappa shape index (κ3) is 2.41. The van der Waals surface area contributed by atoms with Gasteiger partial charge in [0.2, 0.25) is 0 Å². The molecule has 2 aromatic heterocycles. The molecular formula is C14H17N5O. The first-order valence-electron chi connectivity index (χ1n) is 6.78. The fourth-order valence-electron chi connectivity index (χ4n) is 2.64. The Morgan fingerprint density at radius 1 is 1.30 bits per heavy atom. The van der Waals surface area contributed by atoms with Crippen molar-refractivity contribution in [2.24, 2.45) is 7.05 Å². The van der Waals surface area contributed by atoms with Crippen LogP contribution in [0.25, 0.3) is 0 Å². The van der Waals surface area contributed by atoms with Gasteiger partial charge in [-0.2, -0.15) is 0 Å². The van der Waals surface area contributed by atoms with Crippen LogP contribution in [-0.2, 0) is 7.05 Å². The van der Waals surface area contributed by atoms with E-state index in [9.17, 15) is 4.79 Å². The van der Waals surface area contributed by atoms with Gasteiger partial charge in [-0.15, -0.1) is 0 Å². The molecule has 6 nitrogen and oxygen atoms in total. The van der Waals surface area contributed by atoms with Crippen molar-refractivity contribution in [2.75, 3.05) is 13.1 Å². The zero-order valence-corrected chi connectivity index (χ0v) is 11.4. The largest absolute Gasteiger partial charge is 0.335 e. The number of aromatic nitrogens is 4. The van der Waals surface area contributed by atoms with Crippen molar-refractivity contribution >= 4 is 5.91 Å². The maximum absolute atomic E-state index is 12.5. The first-order chi connectivity index (χ1) is 9.75. The second-order valence-corrected chi connectivity index (χ2v) is 5.08. The lowest BCUT2D eigenvalue weighted by atomic mass is 9.95. The highest BCUT2D eigenvalue weighted by Gasteiger charge is 2.27. The lowest BCUT2D eigenvalue weighted by Crippen LogP contribution is -2.40. The predicted octanol–water partition coefficient (Wildman–Crippen LogP) is 1.23. The van der Waals surface area contributed by atoms with Crippen LogP contribution in [0.1, 0.15) is 35.1 Å². The average molecular weight is 271 g/mol. The summed E-state index contributed by atoms with van der Waals surface area (Å²) in [6.45, 7) is 1.47. The zero-order valence-electron chi connectivity index (χ0n) is 11.4. The van der Waals surface area contributed by atoms with Crippen LogP contribution < -0.4 is 0 Å². The molecule has 2 aromatic rings. The van der Waals surface area contributed by atoms with Gasteiger partial charge in [-0.05, 0) is 12.8 Å². The molecule has 3 rings (SSSR count). The fraction of sp³-hybridized carbons (Fsp3) is 0.429. The summed E-state index contributed by atoms with van der Waals surface area (Å²) in [5.41, 5.74) is 0.963. The van der Waals surface area contributed by atoms with Crippen LogP contribution in [0.3, 0.4) is 0 Å². The molecule has 1 aliphatic rings. The van der Waals surface area contributed by atoms with E-state index in [1.165, 1.54) is 0 Å². The number of aryl methyl sites for hydroxylation is 1. The van der Waals surface area contributed by atoms with Crippen molar-refractivity contribution in [3.63, 3.8) is 0 Å². The summed E-state index contributed by atoms with van der Waals surface area (Å²) in [6, 6.07) is 0. The number of likely N-dealkylation sites (tertiary alicyclic amines) is 1. The quantitative estimate of drug-likeness (QED) is 0.824. The van der Waals surface area contributed by atoms with E-state index < -0.39 is 0 Å². The molecule has 1 saturated heterocycles. The highest BCUT2D eigenvalue weighted by molar-refractivity contribution is 5.90. The Balaban J connectivity index is 1.76. The molecule has 104 valence electrons. The lowest BCUT2D eigenvalue weighted by molar-refractivity contribution is 0.0689. The van der Waals surface area contributed by atoms with E-state index in [1.807, 2.05) is 11.9 Å². The molecule has 1 fully saturated rings. The zero-order chi connectivity index (χ0) is 13.9. The van der Waals surface area contributed by atoms with Crippen LogP contribution in [-0.4, -0.2) is 43.4 Å². The Labute approximate surface area is 117 Å². The molecule has 20 heavy (non-hydrogen) atoms. The molecule has 0 bridgehead atoms. The monoisotopic (exact) mass is 271 g/mol. The van der Waals surface area contributed by atoms with Crippen LogP contribution in [0.15, 0.2) is 31.0 Å². The highest BCUT2D eigenvalue weighted by Crippen LogP contribution is 2.25. The van der Waals surface area contributed by atoms with E-state index in [1.54, 1.807) is 35.6 Å². The van der Waals surface area contributed by atoms with E-state index in [-0.39, 0.29) is 11.8 Å². The summed E-state index contributed by atoms with van der Waals surface area (Å²) in [7, 11) is 1.84. The Hall–Kier alpha value is -2.24. The second kappa shape index (κ2) is 5.40. The molecule has 1 aliphatic heterocycles. The Bertz CT molecular complexity index is 595. The van der Waals surface area contributed by atoms with Gasteiger partial charge in [-0.3, -0.25) is 14.8 Å². The molecule has 0 aromatic carbocycles. The van der Waals surface area contributed by atoms with E-state index in [0.717, 1.165) is 25.1 Å². The van der Waals surface area contributed by atoms with Gasteiger partial charge in [0.05, 0.1) is 5.69 Å². The van der Waals surface area contributed by atoms with Gasteiger partial charge in [0.1, 0.15) is 0 Å². The van der Waals surface area contributed by atoms with Crippen molar-refractivity contribution in [1.82, 2.24) is 24.4 Å². The number of hydrogen-bond donors (Lipinski definition) is 0. The van der Waals surface area contributed by atoms with Gasteiger partial charge >= 0.3 is 0 Å². The number of hydrogen-bond acceptors (Lipinski definition) is 4. The fourth-order valence-corrected chi connectivity index (χ4v) is 2.64. The average Bonchev–Trinajstić information content (AvgIpc) is 2.94. The Kier molecular flexibility index (Phi) is 3.45. The number of carbonyl (C=O) groups is 1. The number of imidazole rings is 1. The minimum absolute atomic E-state index is 0.00825. The van der Waals surface area contributed by atoms with Crippen molar-refractivity contribution in [2.45, 2.75) is 18.8 Å². The topological polar surface area (TPSA) is 63.9 Å². The van der Waals surface area contributed by atoms with Gasteiger partial charge in [0.15, 0.2) is 5.82 Å². The smallest absolute Gasteiger partial charge is 0.289 e. The molecule has 0 N–H and O–H groups in total. The summed E-state index contributed by atoms with van der Waals surface area (Å²) >= 11 is 0. The van der Waals surface area contributed by atoms with Gasteiger partial charge in [0.25, 0.3) is 5.91 Å². The minimum atomic E-state index is -0.00825. The van der Waals surface area contributed by atoms with Crippen molar-refractivity contribution in [3.05, 3.63) is 42.5 Å². The Morgan fingerprint density at radius 3 is 2.90 bits per heavy atom. The van der Waals surface area contributed by atoms with Crippen molar-refractivity contribution in [3.8, 4) is 0 Å². The standard InChI is InChI=1S/C14H17N5O/c1-18-8-6-17-13(18)14(20)19-7-2-3-11(10-19)12-9-15-4-5-16-12/h4-6,8-9,11H,2-3,7,10H2,1H3/t11-/m0/s1. The third-order valence-corrected chi connectivity index (χ3v) is 3.72. The van der Waals surface area contributed by atoms with Crippen LogP contribution in [0.2, 0.25) is 0 Å². The number of amides is 1. The molecular weight excluding hydrogens is 254 g/mol. The highest BCUT2D eigenvalue weighted by atomic mass is 16.2. The summed E-state index contributed by atoms with van der Waals surface area (Å²) in [5.74, 6) is 0.748. The molecule has 0 spiro atoms. The maximum atomic E-state index is 12.5. The van der Waals surface area contributed by atoms with E-state index >= 15 is 0 Å². The third-order valence-electron chi connectivity index (χ3n) is 3.72. The first kappa shape index (κ1) is 12.8. The van der Waals surface area contributed by atoms with E-state index in [0.29, 0.717) is 12.4 Å². The first-order valence-corrected chi connectivity index (χ1v) is 6.78. The van der Waals surface area contributed by atoms with Gasteiger partial charge in [-0.25, -0.2) is 4.98 Å². The molecule has 0 saturated carbocycles. The maximum Gasteiger partial charge on any atom is 0.289 e. The van der Waals surface area contributed by atoms with Gasteiger partial charge in [0, 0.05) is 57.0 Å². The summed E-state index contributed by atoms with van der Waals surface area (Å²) in [4.78, 5) is 26.9. The molecule has 3 heterocycles. The van der Waals surface area contributed by atoms with Crippen molar-refractivity contribution in [1.29, 1.82) is 0 Å². The number of carbonyl (C=O) groups excluding carboxylic acids is 1. The number of nitrogens with zero attached hydrogens (tertiary/aromatic N) is 5. The second-order valence-electron chi connectivity index (χ2n) is 5.08. The van der Waals surface area contributed by atoms with E-state index in [4.69, 9.17) is 0 Å². The SMILES string of the molecule is Cn1ccnc1C(=O)N1CCC[C@H](c2cnccn2)C1. The van der Waals surface area contributed by atoms with Crippen LogP contribution in [0, 0.1) is 0 Å². The summed E-state index contributed by atoms with van der Waals surface area (Å²) < 4.78 is 1.76. The lowest BCUT2D eigenvalue weighted by Gasteiger charge is -2.32. The summed E-state index contributed by atoms with van der Waals surface area (Å²) in [5, 5.41) is 0. The van der Waals surface area contributed by atoms with Crippen LogP contribution in [0.5, 0.6) is 0 Å². The molecule has 1 atom stereocenters. The van der Waals surface area contributed by atoms with Crippen LogP contribution in [0.4, 0.5) is 0 Å². The molecule has 1 amide bonds. The van der Waals surface area contributed by atoms with Crippen molar-refractivity contribution < 1.29 is 4.79 Å². The summed E-state index contributed by atoms with van der Waals surface area (Å²) in [6.07, 6.45) is 10.6. The Morgan fingerprint density at radius 2 is 2.20 bits per heavy atom. The van der Waals surface area contributed by atoms with Gasteiger partial charge < -0.3 is 9.47 Å². The molecule has 0 radical (unpaired) electrons. The number of rotatable bonds is 2. The minimum Gasteiger partial charge on any atom is -0.335 e. The number of piperidine rings is 1.